The lowest BCUT2D eigenvalue weighted by atomic mass is 9.80. The lowest BCUT2D eigenvalue weighted by Crippen LogP contribution is -2.43. The lowest BCUT2D eigenvalue weighted by molar-refractivity contribution is -0.127. The number of nitrogens with zero attached hydrogens (tertiary/aromatic N) is 4. The molecule has 0 bridgehead atoms. The van der Waals surface area contributed by atoms with Gasteiger partial charge in [0.05, 0.1) is 47.0 Å². The van der Waals surface area contributed by atoms with Gasteiger partial charge < -0.3 is 42.2 Å². The molecule has 3 heterocycles. The number of rotatable bonds is 27. The number of ether oxygens (including phenoxy) is 7. The van der Waals surface area contributed by atoms with E-state index < -0.39 is 61.7 Å². The highest BCUT2D eigenvalue weighted by atomic mass is 32.2. The fourth-order valence-corrected chi connectivity index (χ4v) is 11.5. The van der Waals surface area contributed by atoms with Gasteiger partial charge >= 0.3 is 0 Å². The van der Waals surface area contributed by atoms with Crippen molar-refractivity contribution in [3.8, 4) is 17.2 Å². The highest BCUT2D eigenvalue weighted by molar-refractivity contribution is 8.13. The highest BCUT2D eigenvalue weighted by Gasteiger charge is 2.51. The Morgan fingerprint density at radius 2 is 1.40 bits per heavy atom. The summed E-state index contributed by atoms with van der Waals surface area (Å²) >= 11 is 1.25. The van der Waals surface area contributed by atoms with Gasteiger partial charge in [-0.2, -0.15) is 4.98 Å². The normalized spacial score (nSPS) is 17.7. The topological polar surface area (TPSA) is 196 Å². The minimum atomic E-state index is -1.86. The van der Waals surface area contributed by atoms with Gasteiger partial charge in [0.25, 0.3) is 20.0 Å². The van der Waals surface area contributed by atoms with Gasteiger partial charge in [-0.3, -0.25) is 29.3 Å². The number of methoxy groups -OCH3 is 3. The third-order valence-electron chi connectivity index (χ3n) is 12.8. The Labute approximate surface area is 456 Å². The number of imidazole rings is 1. The Kier molecular flexibility index (Phi) is 20.8. The number of carbonyl (C=O) groups is 2. The number of benzene rings is 4. The Balaban J connectivity index is 1.30. The van der Waals surface area contributed by atoms with E-state index in [0.29, 0.717) is 36.0 Å². The first-order chi connectivity index (χ1) is 37.0. The summed E-state index contributed by atoms with van der Waals surface area (Å²) in [4.78, 5) is 51.9. The summed E-state index contributed by atoms with van der Waals surface area (Å²) in [6, 6.07) is 34.4. The number of H-pyrrole nitrogens is 1. The van der Waals surface area contributed by atoms with E-state index in [4.69, 9.17) is 47.2 Å². The highest BCUT2D eigenvalue weighted by Crippen LogP contribution is 2.51. The van der Waals surface area contributed by atoms with Gasteiger partial charge in [-0.25, -0.2) is 9.65 Å². The summed E-state index contributed by atoms with van der Waals surface area (Å²) in [5.74, 6) is 1.75. The van der Waals surface area contributed by atoms with Gasteiger partial charge in [-0.05, 0) is 80.8 Å². The molecule has 4 aromatic carbocycles. The lowest BCUT2D eigenvalue weighted by Gasteiger charge is -2.39. The van der Waals surface area contributed by atoms with Crippen LogP contribution < -0.4 is 25.1 Å². The summed E-state index contributed by atoms with van der Waals surface area (Å²) in [5, 5.41) is 2.91. The molecule has 2 aromatic heterocycles. The van der Waals surface area contributed by atoms with E-state index in [2.05, 4.69) is 47.7 Å². The Morgan fingerprint density at radius 3 is 1.96 bits per heavy atom. The zero-order valence-corrected chi connectivity index (χ0v) is 47.5. The number of thioether (sulfide) groups is 1. The molecule has 6 aromatic rings. The molecule has 20 heteroatoms. The zero-order chi connectivity index (χ0) is 55.3. The number of hydrogen-bond acceptors (Lipinski definition) is 16. The monoisotopic (exact) mass is 1100 g/mol. The average Bonchev–Trinajstić information content (AvgIpc) is 4.01. The number of amides is 1. The van der Waals surface area contributed by atoms with Crippen LogP contribution >= 0.6 is 20.3 Å². The van der Waals surface area contributed by atoms with Crippen molar-refractivity contribution >= 4 is 48.4 Å². The maximum atomic E-state index is 14.1. The van der Waals surface area contributed by atoms with Gasteiger partial charge in [0.2, 0.25) is 5.95 Å². The van der Waals surface area contributed by atoms with Gasteiger partial charge in [-0.1, -0.05) is 112 Å². The smallest absolute Gasteiger partial charge is 0.280 e. The average molecular weight is 1100 g/mol. The van der Waals surface area contributed by atoms with E-state index in [9.17, 15) is 14.4 Å². The molecular weight excluding hydrogens is 1020 g/mol. The van der Waals surface area contributed by atoms with E-state index in [1.54, 1.807) is 38.0 Å². The molecule has 0 spiro atoms. The molecule has 2 unspecified atom stereocenters. The molecule has 6 atom stereocenters. The maximum Gasteiger partial charge on any atom is 0.280 e. The maximum absolute atomic E-state index is 14.1. The van der Waals surface area contributed by atoms with E-state index in [-0.39, 0.29) is 54.1 Å². The van der Waals surface area contributed by atoms with E-state index >= 15 is 0 Å². The fraction of sp³-hybridized carbons (Fsp3) is 0.456. The van der Waals surface area contributed by atoms with E-state index in [0.717, 1.165) is 16.7 Å². The molecule has 18 nitrogen and oxygen atoms in total. The van der Waals surface area contributed by atoms with Crippen molar-refractivity contribution in [2.75, 3.05) is 58.8 Å². The summed E-state index contributed by atoms with van der Waals surface area (Å²) in [7, 11) is 2.95. The second-order valence-corrected chi connectivity index (χ2v) is 22.4. The molecule has 2 N–H and O–H groups in total. The molecule has 0 saturated carbocycles. The molecule has 1 amide bonds. The molecule has 414 valence electrons. The largest absolute Gasteiger partial charge is 0.497 e. The molecule has 1 fully saturated rings. The van der Waals surface area contributed by atoms with E-state index in [1.165, 1.54) is 18.1 Å². The molecule has 1 aliphatic rings. The number of hydrogen-bond donors (Lipinski definition) is 2. The Morgan fingerprint density at radius 1 is 0.805 bits per heavy atom. The molecular formula is C57H73N6O12PS. The Bertz CT molecular complexity index is 2810. The van der Waals surface area contributed by atoms with Crippen LogP contribution in [0.25, 0.3) is 11.2 Å². The van der Waals surface area contributed by atoms with Crippen LogP contribution in [0.5, 0.6) is 17.2 Å². The van der Waals surface area contributed by atoms with Crippen LogP contribution in [0.15, 0.2) is 120 Å². The van der Waals surface area contributed by atoms with Gasteiger partial charge in [0, 0.05) is 36.8 Å². The summed E-state index contributed by atoms with van der Waals surface area (Å²) in [5.41, 5.74) is 0.0676. The van der Waals surface area contributed by atoms with Crippen molar-refractivity contribution in [2.45, 2.75) is 110 Å². The minimum Gasteiger partial charge on any atom is -0.497 e. The van der Waals surface area contributed by atoms with Crippen LogP contribution in [0.1, 0.15) is 84.7 Å². The molecule has 1 aliphatic heterocycles. The molecule has 7 rings (SSSR count). The second-order valence-electron chi connectivity index (χ2n) is 19.9. The minimum absolute atomic E-state index is 0.00229. The van der Waals surface area contributed by atoms with Crippen LogP contribution in [0.4, 0.5) is 5.95 Å². The number of aromatic nitrogens is 4. The molecule has 0 aliphatic carbocycles. The summed E-state index contributed by atoms with van der Waals surface area (Å²) in [6.45, 7) is 16.6. The van der Waals surface area contributed by atoms with E-state index in [1.807, 2.05) is 125 Å². The van der Waals surface area contributed by atoms with Crippen molar-refractivity contribution in [3.05, 3.63) is 143 Å². The fourth-order valence-electron chi connectivity index (χ4n) is 9.16. The van der Waals surface area contributed by atoms with Crippen molar-refractivity contribution in [1.82, 2.24) is 24.2 Å². The van der Waals surface area contributed by atoms with Crippen LogP contribution in [0.2, 0.25) is 0 Å². The standard InChI is InChI=1S/C57H73N6O12PS/c1-12-46(64)77-34-33-70-31-32-72-76(63(37(2)3)38(4)5)75-48-45(35-71-57(39-19-15-13-16-20-39,40-23-27-42(67-9)28-24-40)41-25-29-43(68-10)30-26-41)74-54(49(48)69-11)62-36-58-47-51(62)59-55(60-52(47)65)61-53(66)50(56(6,7)8)73-44-21-17-14-18-22-44/h13-30,36-38,45,48-50,54H,12,31-35H2,1-11H3,(H2,59,60,61,65,66)/t45-,48-,49-,50?,54-,76?/m1/s1. The van der Waals surface area contributed by atoms with Crippen molar-refractivity contribution < 1.29 is 51.8 Å². The first-order valence-corrected chi connectivity index (χ1v) is 27.9. The number of aromatic amines is 1. The van der Waals surface area contributed by atoms with Crippen LogP contribution in [0.3, 0.4) is 0 Å². The van der Waals surface area contributed by atoms with Gasteiger partial charge in [-0.15, -0.1) is 0 Å². The first-order valence-electron chi connectivity index (χ1n) is 25.8. The number of para-hydroxylation sites is 1. The zero-order valence-electron chi connectivity index (χ0n) is 45.8. The van der Waals surface area contributed by atoms with Crippen molar-refractivity contribution in [3.63, 3.8) is 0 Å². The number of carbonyl (C=O) groups excluding carboxylic acids is 2. The van der Waals surface area contributed by atoms with Crippen molar-refractivity contribution in [2.24, 2.45) is 5.41 Å². The van der Waals surface area contributed by atoms with Crippen LogP contribution in [-0.2, 0) is 43.2 Å². The summed E-state index contributed by atoms with van der Waals surface area (Å²) < 4.78 is 62.2. The predicted molar refractivity (Wildman–Crippen MR) is 298 cm³/mol. The number of anilines is 1. The molecule has 77 heavy (non-hydrogen) atoms. The number of fused-ring (bicyclic) bond motifs is 1. The predicted octanol–water partition coefficient (Wildman–Crippen LogP) is 9.92. The van der Waals surface area contributed by atoms with Crippen LogP contribution in [-0.4, -0.2) is 125 Å². The third-order valence-corrected chi connectivity index (χ3v) is 15.9. The number of nitrogens with one attached hydrogen (secondary N) is 2. The first kappa shape index (κ1) is 58.9. The molecule has 0 radical (unpaired) electrons. The SMILES string of the molecule is CCC(=O)SCCOCCOP(O[C@H]1[C@@H](OC)[C@H](n2cnc3c(=O)[nH]c(NC(=O)C(Oc4ccccc4)C(C)(C)C)nc32)O[C@@H]1COC(c1ccccc1)(c1ccc(OC)cc1)c1ccc(OC)cc1)N(C(C)C)C(C)C. The van der Waals surface area contributed by atoms with Gasteiger partial charge in [0.15, 0.2) is 28.6 Å². The van der Waals surface area contributed by atoms with Crippen LogP contribution in [0, 0.1) is 5.41 Å². The molecule has 1 saturated heterocycles. The van der Waals surface area contributed by atoms with Gasteiger partial charge in [0.1, 0.15) is 41.2 Å². The Hall–Kier alpha value is -5.73. The second kappa shape index (κ2) is 27.2. The van der Waals surface area contributed by atoms with Crippen molar-refractivity contribution in [1.29, 1.82) is 0 Å². The summed E-state index contributed by atoms with van der Waals surface area (Å²) in [6.07, 6.45) is -2.74. The third kappa shape index (κ3) is 14.3. The quantitative estimate of drug-likeness (QED) is 0.0281.